The number of thioether (sulfide) groups is 1. The Bertz CT molecular complexity index is 528. The number of nitrogens with one attached hydrogen (secondary N) is 1. The number of benzene rings is 1. The predicted molar refractivity (Wildman–Crippen MR) is 90.6 cm³/mol. The molecule has 2 rings (SSSR count). The van der Waals surface area contributed by atoms with E-state index in [2.05, 4.69) is 43.4 Å². The molecule has 0 aliphatic carbocycles. The van der Waals surface area contributed by atoms with Gasteiger partial charge in [0.25, 0.3) is 0 Å². The van der Waals surface area contributed by atoms with E-state index in [1.54, 1.807) is 16.7 Å². The zero-order valence-electron chi connectivity index (χ0n) is 13.5. The Morgan fingerprint density at radius 3 is 2.50 bits per heavy atom. The maximum absolute atomic E-state index is 12.0. The van der Waals surface area contributed by atoms with Crippen LogP contribution in [0, 0.1) is 5.92 Å². The highest BCUT2D eigenvalue weighted by molar-refractivity contribution is 8.00. The van der Waals surface area contributed by atoms with Crippen molar-refractivity contribution in [1.82, 2.24) is 10.2 Å². The summed E-state index contributed by atoms with van der Waals surface area (Å²) in [6, 6.07) is 8.34. The fourth-order valence-corrected chi connectivity index (χ4v) is 3.40. The molecular formula is C17H24N2O2S. The molecule has 5 heteroatoms. The van der Waals surface area contributed by atoms with Crippen molar-refractivity contribution in [2.24, 2.45) is 5.92 Å². The highest BCUT2D eigenvalue weighted by atomic mass is 32.2. The van der Waals surface area contributed by atoms with Crippen LogP contribution in [-0.2, 0) is 16.0 Å². The molecule has 1 atom stereocenters. The molecule has 4 nitrogen and oxygen atoms in total. The van der Waals surface area contributed by atoms with Gasteiger partial charge in [0.1, 0.15) is 6.54 Å². The number of hydrogen-bond donors (Lipinski definition) is 1. The van der Waals surface area contributed by atoms with Crippen LogP contribution in [-0.4, -0.2) is 34.9 Å². The van der Waals surface area contributed by atoms with E-state index in [-0.39, 0.29) is 24.4 Å². The zero-order chi connectivity index (χ0) is 16.1. The maximum Gasteiger partial charge on any atom is 0.240 e. The Labute approximate surface area is 136 Å². The van der Waals surface area contributed by atoms with Gasteiger partial charge in [-0.25, -0.2) is 0 Å². The second-order valence-corrected chi connectivity index (χ2v) is 7.15. The first-order valence-electron chi connectivity index (χ1n) is 7.69. The number of carbonyl (C=O) groups excluding carboxylic acids is 2. The number of amides is 2. The minimum atomic E-state index is -0.102. The van der Waals surface area contributed by atoms with Gasteiger partial charge < -0.3 is 10.2 Å². The molecule has 1 aliphatic heterocycles. The summed E-state index contributed by atoms with van der Waals surface area (Å²) in [6.07, 6.45) is 1.07. The van der Waals surface area contributed by atoms with Gasteiger partial charge in [-0.05, 0) is 30.4 Å². The lowest BCUT2D eigenvalue weighted by molar-refractivity contribution is -0.132. The Balaban J connectivity index is 1.86. The molecule has 1 heterocycles. The van der Waals surface area contributed by atoms with Crippen molar-refractivity contribution in [2.45, 2.75) is 33.2 Å². The van der Waals surface area contributed by atoms with E-state index in [0.29, 0.717) is 17.5 Å². The number of nitrogens with zero attached hydrogens (tertiary/aromatic N) is 1. The maximum atomic E-state index is 12.0. The van der Waals surface area contributed by atoms with Crippen molar-refractivity contribution in [3.05, 3.63) is 35.4 Å². The topological polar surface area (TPSA) is 49.4 Å². The standard InChI is InChI=1S/C17H24N2O2S/c1-12(2)8-14-4-6-15(7-5-14)13(3)18-16(20)9-19-11-22-10-17(19)21/h4-7,12-13H,8-11H2,1-3H3,(H,18,20)/t13-/m0/s1. The average Bonchev–Trinajstić information content (AvgIpc) is 2.84. The third kappa shape index (κ3) is 4.77. The first-order valence-corrected chi connectivity index (χ1v) is 8.85. The first-order chi connectivity index (χ1) is 10.5. The molecule has 0 spiro atoms. The molecule has 1 aromatic carbocycles. The Hall–Kier alpha value is -1.49. The van der Waals surface area contributed by atoms with E-state index in [4.69, 9.17) is 0 Å². The monoisotopic (exact) mass is 320 g/mol. The van der Waals surface area contributed by atoms with E-state index in [0.717, 1.165) is 12.0 Å². The van der Waals surface area contributed by atoms with Crippen molar-refractivity contribution < 1.29 is 9.59 Å². The van der Waals surface area contributed by atoms with Gasteiger partial charge in [0.2, 0.25) is 11.8 Å². The zero-order valence-corrected chi connectivity index (χ0v) is 14.3. The molecule has 120 valence electrons. The minimum Gasteiger partial charge on any atom is -0.348 e. The molecule has 1 aliphatic rings. The van der Waals surface area contributed by atoms with E-state index in [9.17, 15) is 9.59 Å². The molecule has 2 amide bonds. The lowest BCUT2D eigenvalue weighted by Crippen LogP contribution is -2.39. The summed E-state index contributed by atoms with van der Waals surface area (Å²) in [6.45, 7) is 6.53. The number of hydrogen-bond acceptors (Lipinski definition) is 3. The summed E-state index contributed by atoms with van der Waals surface area (Å²) in [5.41, 5.74) is 2.40. The van der Waals surface area contributed by atoms with Crippen LogP contribution in [0.15, 0.2) is 24.3 Å². The molecule has 0 saturated carbocycles. The molecule has 1 saturated heterocycles. The van der Waals surface area contributed by atoms with Gasteiger partial charge in [-0.1, -0.05) is 38.1 Å². The number of rotatable bonds is 6. The summed E-state index contributed by atoms with van der Waals surface area (Å²) >= 11 is 1.55. The third-order valence-corrected chi connectivity index (χ3v) is 4.61. The van der Waals surface area contributed by atoms with Gasteiger partial charge in [-0.3, -0.25) is 9.59 Å². The van der Waals surface area contributed by atoms with Crippen molar-refractivity contribution in [3.8, 4) is 0 Å². The minimum absolute atomic E-state index is 0.0471. The van der Waals surface area contributed by atoms with Crippen LogP contribution >= 0.6 is 11.8 Å². The molecular weight excluding hydrogens is 296 g/mol. The Morgan fingerprint density at radius 1 is 1.27 bits per heavy atom. The van der Waals surface area contributed by atoms with Crippen LogP contribution in [0.4, 0.5) is 0 Å². The van der Waals surface area contributed by atoms with Crippen LogP contribution < -0.4 is 5.32 Å². The van der Waals surface area contributed by atoms with Crippen LogP contribution in [0.2, 0.25) is 0 Å². The summed E-state index contributed by atoms with van der Waals surface area (Å²) in [5, 5.41) is 2.96. The van der Waals surface area contributed by atoms with Crippen LogP contribution in [0.3, 0.4) is 0 Å². The predicted octanol–water partition coefficient (Wildman–Crippen LogP) is 2.60. The van der Waals surface area contributed by atoms with Crippen molar-refractivity contribution >= 4 is 23.6 Å². The van der Waals surface area contributed by atoms with Crippen molar-refractivity contribution in [3.63, 3.8) is 0 Å². The summed E-state index contributed by atoms with van der Waals surface area (Å²) in [4.78, 5) is 25.1. The Morgan fingerprint density at radius 2 is 1.95 bits per heavy atom. The highest BCUT2D eigenvalue weighted by Crippen LogP contribution is 2.17. The van der Waals surface area contributed by atoms with E-state index in [1.165, 1.54) is 5.56 Å². The van der Waals surface area contributed by atoms with Crippen molar-refractivity contribution in [2.75, 3.05) is 18.2 Å². The fourth-order valence-electron chi connectivity index (χ4n) is 2.50. The van der Waals surface area contributed by atoms with Gasteiger partial charge in [0.15, 0.2) is 0 Å². The van der Waals surface area contributed by atoms with E-state index >= 15 is 0 Å². The summed E-state index contributed by atoms with van der Waals surface area (Å²) in [5.74, 6) is 1.68. The van der Waals surface area contributed by atoms with E-state index < -0.39 is 0 Å². The molecule has 22 heavy (non-hydrogen) atoms. The molecule has 0 unspecified atom stereocenters. The van der Waals surface area contributed by atoms with Crippen molar-refractivity contribution in [1.29, 1.82) is 0 Å². The quantitative estimate of drug-likeness (QED) is 0.876. The summed E-state index contributed by atoms with van der Waals surface area (Å²) < 4.78 is 0. The molecule has 0 aromatic heterocycles. The second-order valence-electron chi connectivity index (χ2n) is 6.20. The summed E-state index contributed by atoms with van der Waals surface area (Å²) in [7, 11) is 0. The molecule has 0 radical (unpaired) electrons. The van der Waals surface area contributed by atoms with Gasteiger partial charge >= 0.3 is 0 Å². The SMILES string of the molecule is CC(C)Cc1ccc([C@H](C)NC(=O)CN2CSCC2=O)cc1. The third-order valence-electron chi connectivity index (χ3n) is 3.66. The average molecular weight is 320 g/mol. The van der Waals surface area contributed by atoms with Crippen LogP contribution in [0.5, 0.6) is 0 Å². The molecule has 1 fully saturated rings. The van der Waals surface area contributed by atoms with E-state index in [1.807, 2.05) is 6.92 Å². The second kappa shape index (κ2) is 7.68. The van der Waals surface area contributed by atoms with Crippen LogP contribution in [0.25, 0.3) is 0 Å². The lowest BCUT2D eigenvalue weighted by Gasteiger charge is -2.18. The molecule has 1 N–H and O–H groups in total. The smallest absolute Gasteiger partial charge is 0.240 e. The number of carbonyl (C=O) groups is 2. The fraction of sp³-hybridized carbons (Fsp3) is 0.529. The lowest BCUT2D eigenvalue weighted by atomic mass is 10.00. The first kappa shape index (κ1) is 16.9. The van der Waals surface area contributed by atoms with Gasteiger partial charge in [0, 0.05) is 0 Å². The highest BCUT2D eigenvalue weighted by Gasteiger charge is 2.23. The molecule has 1 aromatic rings. The van der Waals surface area contributed by atoms with Gasteiger partial charge in [-0.2, -0.15) is 0 Å². The largest absolute Gasteiger partial charge is 0.348 e. The molecule has 0 bridgehead atoms. The van der Waals surface area contributed by atoms with Gasteiger partial charge in [-0.15, -0.1) is 11.8 Å². The van der Waals surface area contributed by atoms with Crippen LogP contribution in [0.1, 0.15) is 37.9 Å². The Kier molecular flexibility index (Phi) is 5.89. The normalized spacial score (nSPS) is 16.2. The van der Waals surface area contributed by atoms with Gasteiger partial charge in [0.05, 0.1) is 17.7 Å².